The first-order chi connectivity index (χ1) is 7.61. The number of aromatic nitrogens is 2. The number of aliphatic hydroxyl groups excluding tert-OH is 1. The van der Waals surface area contributed by atoms with Gasteiger partial charge in [0.25, 0.3) is 0 Å². The molecular weight excluding hydrogens is 215 g/mol. The van der Waals surface area contributed by atoms with Crippen molar-refractivity contribution in [3.05, 3.63) is 28.4 Å². The van der Waals surface area contributed by atoms with Crippen LogP contribution in [-0.4, -0.2) is 33.5 Å². The molecule has 1 aliphatic rings. The van der Waals surface area contributed by atoms with E-state index in [-0.39, 0.29) is 13.0 Å². The molecule has 2 heterocycles. The molecule has 1 fully saturated rings. The summed E-state index contributed by atoms with van der Waals surface area (Å²) in [4.78, 5) is 15.1. The van der Waals surface area contributed by atoms with Crippen LogP contribution in [0.4, 0.5) is 4.39 Å². The Morgan fingerprint density at radius 3 is 3.12 bits per heavy atom. The molecule has 88 valence electrons. The zero-order chi connectivity index (χ0) is 11.7. The fraction of sp³-hybridized carbons (Fsp3) is 0.600. The van der Waals surface area contributed by atoms with Gasteiger partial charge in [0.05, 0.1) is 6.61 Å². The minimum atomic E-state index is -1.25. The summed E-state index contributed by atoms with van der Waals surface area (Å²) < 4.78 is 19.8. The van der Waals surface area contributed by atoms with Crippen molar-refractivity contribution in [1.29, 1.82) is 0 Å². The summed E-state index contributed by atoms with van der Waals surface area (Å²) in [5, 5.41) is 8.86. The maximum atomic E-state index is 13.3. The van der Waals surface area contributed by atoms with E-state index in [2.05, 4.69) is 4.98 Å². The van der Waals surface area contributed by atoms with Gasteiger partial charge in [-0.25, -0.2) is 14.2 Å². The topological polar surface area (TPSA) is 64.4 Å². The van der Waals surface area contributed by atoms with Gasteiger partial charge < -0.3 is 9.84 Å². The van der Waals surface area contributed by atoms with Crippen molar-refractivity contribution >= 4 is 0 Å². The van der Waals surface area contributed by atoms with Crippen LogP contribution in [0.15, 0.2) is 17.2 Å². The zero-order valence-corrected chi connectivity index (χ0v) is 8.84. The minimum Gasteiger partial charge on any atom is -0.394 e. The Kier molecular flexibility index (Phi) is 3.02. The van der Waals surface area contributed by atoms with Crippen molar-refractivity contribution in [2.24, 2.45) is 0 Å². The number of halogens is 1. The van der Waals surface area contributed by atoms with Gasteiger partial charge >= 0.3 is 5.69 Å². The van der Waals surface area contributed by atoms with Gasteiger partial charge in [-0.05, 0) is 12.5 Å². The molecular formula is C10H13FN2O3. The number of aliphatic hydroxyl groups is 1. The van der Waals surface area contributed by atoms with Gasteiger partial charge in [0.1, 0.15) is 18.5 Å². The molecule has 1 saturated heterocycles. The summed E-state index contributed by atoms with van der Waals surface area (Å²) in [5.41, 5.74) is 0.326. The number of alkyl halides is 1. The Labute approximate surface area is 91.5 Å². The van der Waals surface area contributed by atoms with E-state index in [1.165, 1.54) is 10.8 Å². The van der Waals surface area contributed by atoms with Crippen molar-refractivity contribution in [1.82, 2.24) is 9.55 Å². The lowest BCUT2D eigenvalue weighted by molar-refractivity contribution is -0.0356. The third kappa shape index (κ3) is 1.98. The Morgan fingerprint density at radius 1 is 1.75 bits per heavy atom. The van der Waals surface area contributed by atoms with E-state index < -0.39 is 24.2 Å². The van der Waals surface area contributed by atoms with Crippen molar-refractivity contribution in [3.8, 4) is 0 Å². The van der Waals surface area contributed by atoms with E-state index in [4.69, 9.17) is 9.84 Å². The van der Waals surface area contributed by atoms with Crippen molar-refractivity contribution in [2.45, 2.75) is 31.8 Å². The molecule has 6 heteroatoms. The maximum absolute atomic E-state index is 13.3. The van der Waals surface area contributed by atoms with E-state index in [9.17, 15) is 9.18 Å². The molecule has 0 spiro atoms. The molecule has 0 aliphatic carbocycles. The summed E-state index contributed by atoms with van der Waals surface area (Å²) in [6, 6.07) is 0. The van der Waals surface area contributed by atoms with Crippen LogP contribution in [0, 0.1) is 6.92 Å². The first-order valence-corrected chi connectivity index (χ1v) is 5.07. The van der Waals surface area contributed by atoms with E-state index >= 15 is 0 Å². The number of hydrogen-bond acceptors (Lipinski definition) is 4. The highest BCUT2D eigenvalue weighted by molar-refractivity contribution is 5.01. The minimum absolute atomic E-state index is 0.0657. The van der Waals surface area contributed by atoms with Crippen LogP contribution in [0.2, 0.25) is 0 Å². The Bertz CT molecular complexity index is 434. The molecule has 1 aromatic heterocycles. The quantitative estimate of drug-likeness (QED) is 0.783. The molecule has 2 rings (SSSR count). The van der Waals surface area contributed by atoms with Crippen LogP contribution in [0.3, 0.4) is 0 Å². The molecule has 0 bridgehead atoms. The molecule has 1 aliphatic heterocycles. The molecule has 16 heavy (non-hydrogen) atoms. The van der Waals surface area contributed by atoms with Crippen LogP contribution in [-0.2, 0) is 4.74 Å². The Balaban J connectivity index is 2.26. The monoisotopic (exact) mass is 228 g/mol. The van der Waals surface area contributed by atoms with E-state index in [0.29, 0.717) is 0 Å². The summed E-state index contributed by atoms with van der Waals surface area (Å²) in [6.45, 7) is 1.40. The van der Waals surface area contributed by atoms with Crippen molar-refractivity contribution < 1.29 is 14.2 Å². The maximum Gasteiger partial charge on any atom is 0.349 e. The van der Waals surface area contributed by atoms with Gasteiger partial charge in [-0.2, -0.15) is 0 Å². The second-order valence-electron chi connectivity index (χ2n) is 3.88. The molecule has 0 unspecified atom stereocenters. The highest BCUT2D eigenvalue weighted by Crippen LogP contribution is 2.29. The van der Waals surface area contributed by atoms with Gasteiger partial charge in [0.2, 0.25) is 0 Å². The van der Waals surface area contributed by atoms with Gasteiger partial charge in [0, 0.05) is 18.8 Å². The van der Waals surface area contributed by atoms with Gasteiger partial charge in [-0.15, -0.1) is 0 Å². The standard InChI is InChI=1S/C10H13FN2O3/c1-6-3-12-10(15)13(4-6)9-2-7(11)8(5-14)16-9/h3-4,7-9,14H,2,5H2,1H3/t7-,8+,9-/m0/s1. The lowest BCUT2D eigenvalue weighted by atomic mass is 10.2. The van der Waals surface area contributed by atoms with Crippen LogP contribution in [0.1, 0.15) is 18.2 Å². The second-order valence-corrected chi connectivity index (χ2v) is 3.88. The lowest BCUT2D eigenvalue weighted by Gasteiger charge is -2.14. The fourth-order valence-corrected chi connectivity index (χ4v) is 1.76. The number of hydrogen-bond donors (Lipinski definition) is 1. The smallest absolute Gasteiger partial charge is 0.349 e. The number of nitrogens with zero attached hydrogens (tertiary/aromatic N) is 2. The van der Waals surface area contributed by atoms with Crippen molar-refractivity contribution in [3.63, 3.8) is 0 Å². The highest BCUT2D eigenvalue weighted by Gasteiger charge is 2.36. The largest absolute Gasteiger partial charge is 0.394 e. The molecule has 1 N–H and O–H groups in total. The molecule has 0 radical (unpaired) electrons. The highest BCUT2D eigenvalue weighted by atomic mass is 19.1. The van der Waals surface area contributed by atoms with Crippen LogP contribution in [0.5, 0.6) is 0 Å². The Hall–Kier alpha value is -1.27. The average Bonchev–Trinajstić information content (AvgIpc) is 2.63. The first kappa shape index (κ1) is 11.2. The summed E-state index contributed by atoms with van der Waals surface area (Å²) in [5.74, 6) is 0. The van der Waals surface area contributed by atoms with Crippen LogP contribution >= 0.6 is 0 Å². The molecule has 0 amide bonds. The second kappa shape index (κ2) is 4.31. The fourth-order valence-electron chi connectivity index (χ4n) is 1.76. The number of ether oxygens (including phenoxy) is 1. The van der Waals surface area contributed by atoms with E-state index in [0.717, 1.165) is 5.56 Å². The molecule has 0 aromatic carbocycles. The third-order valence-corrected chi connectivity index (χ3v) is 2.59. The van der Waals surface area contributed by atoms with Crippen LogP contribution in [0.25, 0.3) is 0 Å². The van der Waals surface area contributed by atoms with Gasteiger partial charge in [0.15, 0.2) is 0 Å². The molecule has 5 nitrogen and oxygen atoms in total. The van der Waals surface area contributed by atoms with Crippen molar-refractivity contribution in [2.75, 3.05) is 6.61 Å². The van der Waals surface area contributed by atoms with Gasteiger partial charge in [-0.3, -0.25) is 4.57 Å². The number of rotatable bonds is 2. The predicted molar refractivity (Wildman–Crippen MR) is 53.7 cm³/mol. The third-order valence-electron chi connectivity index (χ3n) is 2.59. The number of aryl methyl sites for hydroxylation is 1. The first-order valence-electron chi connectivity index (χ1n) is 5.07. The average molecular weight is 228 g/mol. The Morgan fingerprint density at radius 2 is 2.50 bits per heavy atom. The summed E-state index contributed by atoms with van der Waals surface area (Å²) >= 11 is 0. The zero-order valence-electron chi connectivity index (χ0n) is 8.84. The van der Waals surface area contributed by atoms with Crippen LogP contribution < -0.4 is 5.69 Å². The molecule has 3 atom stereocenters. The van der Waals surface area contributed by atoms with Gasteiger partial charge in [-0.1, -0.05) is 0 Å². The van der Waals surface area contributed by atoms with E-state index in [1.807, 2.05) is 0 Å². The SMILES string of the molecule is Cc1cnc(=O)n([C@@H]2C[C@H](F)[C@@H](CO)O2)c1. The lowest BCUT2D eigenvalue weighted by Crippen LogP contribution is -2.27. The molecule has 1 aromatic rings. The predicted octanol–water partition coefficient (Wildman–Crippen LogP) is 0.170. The normalized spacial score (nSPS) is 29.6. The van der Waals surface area contributed by atoms with E-state index in [1.54, 1.807) is 13.1 Å². The molecule has 0 saturated carbocycles. The summed E-state index contributed by atoms with van der Waals surface area (Å²) in [6.07, 6.45) is 0.319. The summed E-state index contributed by atoms with van der Waals surface area (Å²) in [7, 11) is 0.